The van der Waals surface area contributed by atoms with E-state index in [0.29, 0.717) is 0 Å². The fraction of sp³-hybridized carbons (Fsp3) is 0.200. The molecule has 0 bridgehead atoms. The van der Waals surface area contributed by atoms with Gasteiger partial charge in [-0.2, -0.15) is 0 Å². The van der Waals surface area contributed by atoms with E-state index in [4.69, 9.17) is 9.73 Å². The molecule has 6 rings (SSSR count). The number of benzene rings is 3. The molecule has 4 aromatic rings. The van der Waals surface area contributed by atoms with Gasteiger partial charge in [0.25, 0.3) is 0 Å². The van der Waals surface area contributed by atoms with Crippen LogP contribution in [0.5, 0.6) is 5.75 Å². The summed E-state index contributed by atoms with van der Waals surface area (Å²) in [6.45, 7) is 1.61. The maximum Gasteiger partial charge on any atom is 0.139 e. The van der Waals surface area contributed by atoms with E-state index in [9.17, 15) is 4.39 Å². The van der Waals surface area contributed by atoms with Gasteiger partial charge in [-0.25, -0.2) is 9.37 Å². The Balaban J connectivity index is 1.41. The van der Waals surface area contributed by atoms with Gasteiger partial charge < -0.3 is 9.64 Å². The van der Waals surface area contributed by atoms with Crippen LogP contribution in [0.4, 0.5) is 10.1 Å². The third-order valence-corrected chi connectivity index (χ3v) is 7.59. The van der Waals surface area contributed by atoms with E-state index in [1.807, 2.05) is 48.7 Å². The highest BCUT2D eigenvalue weighted by atomic mass is 79.9. The second-order valence-corrected chi connectivity index (χ2v) is 10.1. The van der Waals surface area contributed by atoms with E-state index < -0.39 is 5.60 Å². The first kappa shape index (κ1) is 22.9. The molecule has 2 aliphatic heterocycles. The zero-order chi connectivity index (χ0) is 24.5. The Labute approximate surface area is 218 Å². The molecule has 0 aliphatic carbocycles. The summed E-state index contributed by atoms with van der Waals surface area (Å²) in [6, 6.07) is 28.9. The average molecular weight is 542 g/mol. The molecule has 180 valence electrons. The molecule has 3 aromatic carbocycles. The lowest BCUT2D eigenvalue weighted by Gasteiger charge is -2.42. The van der Waals surface area contributed by atoms with E-state index >= 15 is 0 Å². The first-order chi connectivity index (χ1) is 17.6. The lowest BCUT2D eigenvalue weighted by Crippen LogP contribution is -2.49. The van der Waals surface area contributed by atoms with Crippen molar-refractivity contribution in [1.82, 2.24) is 4.98 Å². The summed E-state index contributed by atoms with van der Waals surface area (Å²) in [5.41, 5.74) is 4.32. The maximum atomic E-state index is 14.5. The smallest absolute Gasteiger partial charge is 0.139 e. The summed E-state index contributed by atoms with van der Waals surface area (Å²) >= 11 is 3.41. The normalized spacial score (nSPS) is 17.9. The average Bonchev–Trinajstić information content (AvgIpc) is 3.20. The topological polar surface area (TPSA) is 37.7 Å². The lowest BCUT2D eigenvalue weighted by atomic mass is 9.82. The molecule has 1 spiro atoms. The minimum atomic E-state index is -0.537. The minimum Gasteiger partial charge on any atom is -0.484 e. The van der Waals surface area contributed by atoms with Crippen molar-refractivity contribution < 1.29 is 9.13 Å². The van der Waals surface area contributed by atoms with Crippen molar-refractivity contribution in [2.24, 2.45) is 4.99 Å². The Morgan fingerprint density at radius 1 is 0.917 bits per heavy atom. The van der Waals surface area contributed by atoms with Crippen LogP contribution in [-0.2, 0) is 0 Å². The summed E-state index contributed by atoms with van der Waals surface area (Å²) in [6.07, 6.45) is 3.43. The van der Waals surface area contributed by atoms with Gasteiger partial charge in [-0.15, -0.1) is 0 Å². The highest BCUT2D eigenvalue weighted by molar-refractivity contribution is 9.10. The van der Waals surface area contributed by atoms with Crippen molar-refractivity contribution in [3.05, 3.63) is 124 Å². The second-order valence-electron chi connectivity index (χ2n) is 9.29. The van der Waals surface area contributed by atoms with Crippen molar-refractivity contribution in [3.8, 4) is 5.75 Å². The molecule has 3 heterocycles. The molecular formula is C30H25BrFN3O. The zero-order valence-electron chi connectivity index (χ0n) is 19.6. The summed E-state index contributed by atoms with van der Waals surface area (Å²) in [7, 11) is 0. The Morgan fingerprint density at radius 2 is 1.58 bits per heavy atom. The third-order valence-electron chi connectivity index (χ3n) is 7.12. The molecule has 0 radical (unpaired) electrons. The second kappa shape index (κ2) is 9.51. The van der Waals surface area contributed by atoms with Gasteiger partial charge >= 0.3 is 0 Å². The number of hydrogen-bond donors (Lipinski definition) is 0. The molecule has 1 fully saturated rings. The molecule has 1 saturated heterocycles. The first-order valence-electron chi connectivity index (χ1n) is 12.1. The summed E-state index contributed by atoms with van der Waals surface area (Å²) in [5, 5.41) is 0. The van der Waals surface area contributed by atoms with Gasteiger partial charge in [0.2, 0.25) is 0 Å². The van der Waals surface area contributed by atoms with Crippen molar-refractivity contribution in [3.63, 3.8) is 0 Å². The highest BCUT2D eigenvalue weighted by Crippen LogP contribution is 2.51. The lowest BCUT2D eigenvalue weighted by molar-refractivity contribution is 0.0440. The Bertz CT molecular complexity index is 1340. The van der Waals surface area contributed by atoms with Crippen LogP contribution in [0, 0.1) is 5.82 Å². The Kier molecular flexibility index (Phi) is 6.05. The number of fused-ring (bicyclic) bond motifs is 1. The molecule has 0 saturated carbocycles. The third kappa shape index (κ3) is 4.30. The van der Waals surface area contributed by atoms with E-state index in [2.05, 4.69) is 56.1 Å². The van der Waals surface area contributed by atoms with Gasteiger partial charge in [-0.05, 0) is 46.3 Å². The van der Waals surface area contributed by atoms with Crippen LogP contribution in [0.25, 0.3) is 0 Å². The molecular weight excluding hydrogens is 517 g/mol. The number of rotatable bonds is 4. The molecule has 0 unspecified atom stereocenters. The van der Waals surface area contributed by atoms with Gasteiger partial charge in [0.15, 0.2) is 0 Å². The zero-order valence-corrected chi connectivity index (χ0v) is 21.2. The molecule has 0 N–H and O–H groups in total. The number of nitrogens with zero attached hydrogens (tertiary/aromatic N) is 3. The Morgan fingerprint density at radius 3 is 2.19 bits per heavy atom. The van der Waals surface area contributed by atoms with Crippen molar-refractivity contribution in [2.45, 2.75) is 24.5 Å². The monoisotopic (exact) mass is 541 g/mol. The SMILES string of the molecule is Fc1ccc2c(c1)[C@@H](N=C(c1ccccc1)c1ccccc1)C1(CCN(c3ccc(Br)nc3)CC1)O2. The van der Waals surface area contributed by atoms with Crippen molar-refractivity contribution in [1.29, 1.82) is 0 Å². The maximum absolute atomic E-state index is 14.5. The quantitative estimate of drug-likeness (QED) is 0.206. The fourth-order valence-electron chi connectivity index (χ4n) is 5.28. The fourth-order valence-corrected chi connectivity index (χ4v) is 5.52. The Hall–Kier alpha value is -3.51. The van der Waals surface area contributed by atoms with Crippen LogP contribution in [0.3, 0.4) is 0 Å². The van der Waals surface area contributed by atoms with E-state index in [0.717, 1.165) is 64.4 Å². The summed E-state index contributed by atoms with van der Waals surface area (Å²) in [5.74, 6) is 0.457. The first-order valence-corrected chi connectivity index (χ1v) is 12.9. The van der Waals surface area contributed by atoms with Crippen LogP contribution in [0.15, 0.2) is 107 Å². The van der Waals surface area contributed by atoms with E-state index in [1.54, 1.807) is 12.1 Å². The van der Waals surface area contributed by atoms with Crippen LogP contribution in [-0.4, -0.2) is 29.4 Å². The molecule has 6 heteroatoms. The van der Waals surface area contributed by atoms with Gasteiger partial charge in [-0.1, -0.05) is 60.7 Å². The van der Waals surface area contributed by atoms with E-state index in [-0.39, 0.29) is 11.9 Å². The molecule has 36 heavy (non-hydrogen) atoms. The molecule has 0 amide bonds. The predicted molar refractivity (Wildman–Crippen MR) is 144 cm³/mol. The predicted octanol–water partition coefficient (Wildman–Crippen LogP) is 6.99. The van der Waals surface area contributed by atoms with E-state index in [1.165, 1.54) is 6.07 Å². The number of hydrogen-bond acceptors (Lipinski definition) is 4. The largest absolute Gasteiger partial charge is 0.484 e. The van der Waals surface area contributed by atoms with Crippen molar-refractivity contribution in [2.75, 3.05) is 18.0 Å². The number of halogens is 2. The number of aromatic nitrogens is 1. The van der Waals surface area contributed by atoms with Gasteiger partial charge in [0.05, 0.1) is 17.6 Å². The number of ether oxygens (including phenoxy) is 1. The summed E-state index contributed by atoms with van der Waals surface area (Å²) < 4.78 is 21.9. The molecule has 4 nitrogen and oxygen atoms in total. The molecule has 2 aliphatic rings. The molecule has 1 aromatic heterocycles. The van der Waals surface area contributed by atoms with Gasteiger partial charge in [-0.3, -0.25) is 4.99 Å². The number of aliphatic imine (C=N–C) groups is 1. The minimum absolute atomic E-state index is 0.269. The van der Waals surface area contributed by atoms with Crippen LogP contribution >= 0.6 is 15.9 Å². The van der Waals surface area contributed by atoms with Crippen LogP contribution in [0.2, 0.25) is 0 Å². The van der Waals surface area contributed by atoms with Crippen LogP contribution < -0.4 is 9.64 Å². The van der Waals surface area contributed by atoms with Crippen LogP contribution in [0.1, 0.15) is 35.6 Å². The number of piperidine rings is 1. The highest BCUT2D eigenvalue weighted by Gasteiger charge is 2.50. The van der Waals surface area contributed by atoms with Crippen molar-refractivity contribution >= 4 is 27.3 Å². The summed E-state index contributed by atoms with van der Waals surface area (Å²) in [4.78, 5) is 12.1. The number of pyridine rings is 1. The molecule has 1 atom stereocenters. The van der Waals surface area contributed by atoms with Gasteiger partial charge in [0.1, 0.15) is 27.8 Å². The standard InChI is InChI=1S/C30H25BrFN3O/c31-27-14-12-24(20-33-27)35-17-15-30(16-18-35)29(25-19-23(32)11-13-26(25)36-30)34-28(21-7-3-1-4-8-21)22-9-5-2-6-10-22/h1-14,19-20,29H,15-18H2/t29-/m1/s1. The van der Waals surface area contributed by atoms with Gasteiger partial charge in [0, 0.05) is 42.6 Å². The number of anilines is 1.